The first kappa shape index (κ1) is 17.5. The van der Waals surface area contributed by atoms with Crippen molar-refractivity contribution in [2.75, 3.05) is 13.1 Å². The molecular weight excluding hydrogens is 336 g/mol. The fraction of sp³-hybridized carbons (Fsp3) is 0.550. The summed E-state index contributed by atoms with van der Waals surface area (Å²) in [6.07, 6.45) is 10.3. The normalized spacial score (nSPS) is 23.8. The molecule has 0 radical (unpaired) electrons. The molecule has 140 valence electrons. The third-order valence-electron chi connectivity index (χ3n) is 5.71. The third-order valence-corrected chi connectivity index (χ3v) is 5.71. The summed E-state index contributed by atoms with van der Waals surface area (Å²) in [5, 5.41) is 0. The van der Waals surface area contributed by atoms with Gasteiger partial charge in [-0.05, 0) is 69.0 Å². The Morgan fingerprint density at radius 3 is 2.69 bits per heavy atom. The van der Waals surface area contributed by atoms with E-state index in [1.54, 1.807) is 24.3 Å². The Balaban J connectivity index is 1.50. The lowest BCUT2D eigenvalue weighted by molar-refractivity contribution is -0.0498. The second kappa shape index (κ2) is 7.74. The SMILES string of the molecule is FC(F)Oc1ccc(-c2nccn2C[C@@H]2CCCN3CCCC[C@H]23)cc1. The molecule has 2 aromatic rings. The summed E-state index contributed by atoms with van der Waals surface area (Å²) >= 11 is 0. The molecule has 2 aliphatic heterocycles. The smallest absolute Gasteiger partial charge is 0.387 e. The van der Waals surface area contributed by atoms with Crippen LogP contribution < -0.4 is 4.74 Å². The number of piperidine rings is 2. The molecule has 0 saturated carbocycles. The molecule has 2 fully saturated rings. The largest absolute Gasteiger partial charge is 0.435 e. The Hall–Kier alpha value is -1.95. The molecule has 0 bridgehead atoms. The number of fused-ring (bicyclic) bond motifs is 1. The van der Waals surface area contributed by atoms with Gasteiger partial charge in [0.1, 0.15) is 11.6 Å². The van der Waals surface area contributed by atoms with E-state index in [1.165, 1.54) is 45.2 Å². The van der Waals surface area contributed by atoms with Crippen LogP contribution in [0.15, 0.2) is 36.7 Å². The number of ether oxygens (including phenoxy) is 1. The van der Waals surface area contributed by atoms with Crippen LogP contribution in [-0.2, 0) is 6.54 Å². The van der Waals surface area contributed by atoms with Crippen molar-refractivity contribution in [3.8, 4) is 17.1 Å². The second-order valence-electron chi connectivity index (χ2n) is 7.31. The van der Waals surface area contributed by atoms with E-state index >= 15 is 0 Å². The van der Waals surface area contributed by atoms with Gasteiger partial charge in [0.2, 0.25) is 0 Å². The number of aromatic nitrogens is 2. The summed E-state index contributed by atoms with van der Waals surface area (Å²) < 4.78 is 31.3. The number of hydrogen-bond acceptors (Lipinski definition) is 3. The zero-order chi connectivity index (χ0) is 17.9. The van der Waals surface area contributed by atoms with Crippen LogP contribution in [0.5, 0.6) is 5.75 Å². The predicted octanol–water partition coefficient (Wildman–Crippen LogP) is 4.42. The maximum Gasteiger partial charge on any atom is 0.387 e. The summed E-state index contributed by atoms with van der Waals surface area (Å²) in [5.41, 5.74) is 0.924. The highest BCUT2D eigenvalue weighted by atomic mass is 19.3. The lowest BCUT2D eigenvalue weighted by Crippen LogP contribution is -2.49. The highest BCUT2D eigenvalue weighted by molar-refractivity contribution is 5.56. The number of imidazole rings is 1. The van der Waals surface area contributed by atoms with E-state index in [9.17, 15) is 8.78 Å². The fourth-order valence-corrected chi connectivity index (χ4v) is 4.55. The van der Waals surface area contributed by atoms with Gasteiger partial charge in [0.05, 0.1) is 0 Å². The lowest BCUT2D eigenvalue weighted by Gasteiger charge is -2.44. The summed E-state index contributed by atoms with van der Waals surface area (Å²) in [4.78, 5) is 7.18. The van der Waals surface area contributed by atoms with Gasteiger partial charge in [-0.2, -0.15) is 8.78 Å². The maximum absolute atomic E-state index is 12.3. The molecule has 0 amide bonds. The second-order valence-corrected chi connectivity index (χ2v) is 7.31. The molecule has 0 aliphatic carbocycles. The van der Waals surface area contributed by atoms with E-state index in [0.29, 0.717) is 12.0 Å². The van der Waals surface area contributed by atoms with Crippen LogP contribution >= 0.6 is 0 Å². The Morgan fingerprint density at radius 2 is 1.88 bits per heavy atom. The average molecular weight is 361 g/mol. The van der Waals surface area contributed by atoms with Crippen molar-refractivity contribution in [3.05, 3.63) is 36.7 Å². The van der Waals surface area contributed by atoms with Crippen molar-refractivity contribution in [1.82, 2.24) is 14.5 Å². The minimum atomic E-state index is -2.80. The number of benzene rings is 1. The quantitative estimate of drug-likeness (QED) is 0.790. The first-order chi connectivity index (χ1) is 12.7. The molecule has 0 unspecified atom stereocenters. The van der Waals surface area contributed by atoms with E-state index in [2.05, 4.69) is 19.2 Å². The van der Waals surface area contributed by atoms with Crippen LogP contribution in [0.3, 0.4) is 0 Å². The van der Waals surface area contributed by atoms with E-state index in [4.69, 9.17) is 0 Å². The molecule has 0 spiro atoms. The van der Waals surface area contributed by atoms with Gasteiger partial charge in [0.15, 0.2) is 0 Å². The van der Waals surface area contributed by atoms with Crippen LogP contribution in [0.4, 0.5) is 8.78 Å². The van der Waals surface area contributed by atoms with Gasteiger partial charge < -0.3 is 14.2 Å². The van der Waals surface area contributed by atoms with Crippen molar-refractivity contribution in [1.29, 1.82) is 0 Å². The van der Waals surface area contributed by atoms with Crippen LogP contribution in [-0.4, -0.2) is 40.2 Å². The highest BCUT2D eigenvalue weighted by Gasteiger charge is 2.33. The van der Waals surface area contributed by atoms with Crippen LogP contribution in [0.1, 0.15) is 32.1 Å². The minimum Gasteiger partial charge on any atom is -0.435 e. The number of nitrogens with zero attached hydrogens (tertiary/aromatic N) is 3. The van der Waals surface area contributed by atoms with Crippen LogP contribution in [0.25, 0.3) is 11.4 Å². The molecule has 2 atom stereocenters. The van der Waals surface area contributed by atoms with Gasteiger partial charge in [-0.1, -0.05) is 6.42 Å². The zero-order valence-corrected chi connectivity index (χ0v) is 14.9. The van der Waals surface area contributed by atoms with E-state index < -0.39 is 6.61 Å². The van der Waals surface area contributed by atoms with Crippen molar-refractivity contribution in [3.63, 3.8) is 0 Å². The van der Waals surface area contributed by atoms with E-state index in [1.807, 2.05) is 12.4 Å². The van der Waals surface area contributed by atoms with Gasteiger partial charge in [-0.25, -0.2) is 4.98 Å². The van der Waals surface area contributed by atoms with Crippen LogP contribution in [0.2, 0.25) is 0 Å². The maximum atomic E-state index is 12.3. The molecule has 4 rings (SSSR count). The summed E-state index contributed by atoms with van der Waals surface area (Å²) in [7, 11) is 0. The summed E-state index contributed by atoms with van der Waals surface area (Å²) in [6.45, 7) is 0.645. The predicted molar refractivity (Wildman–Crippen MR) is 96.2 cm³/mol. The molecular formula is C20H25F2N3O. The number of alkyl halides is 2. The fourth-order valence-electron chi connectivity index (χ4n) is 4.55. The zero-order valence-electron chi connectivity index (χ0n) is 14.9. The Labute approximate surface area is 152 Å². The molecule has 4 nitrogen and oxygen atoms in total. The topological polar surface area (TPSA) is 30.3 Å². The van der Waals surface area contributed by atoms with Gasteiger partial charge in [-0.15, -0.1) is 0 Å². The summed E-state index contributed by atoms with van der Waals surface area (Å²) in [6, 6.07) is 7.43. The molecule has 2 aliphatic rings. The van der Waals surface area contributed by atoms with E-state index in [0.717, 1.165) is 17.9 Å². The summed E-state index contributed by atoms with van der Waals surface area (Å²) in [5.74, 6) is 1.71. The minimum absolute atomic E-state index is 0.173. The van der Waals surface area contributed by atoms with Crippen molar-refractivity contribution < 1.29 is 13.5 Å². The lowest BCUT2D eigenvalue weighted by atomic mass is 9.83. The molecule has 2 saturated heterocycles. The number of halogens is 2. The Morgan fingerprint density at radius 1 is 1.08 bits per heavy atom. The molecule has 1 aromatic heterocycles. The molecule has 26 heavy (non-hydrogen) atoms. The van der Waals surface area contributed by atoms with Crippen molar-refractivity contribution >= 4 is 0 Å². The monoisotopic (exact) mass is 361 g/mol. The van der Waals surface area contributed by atoms with Gasteiger partial charge in [-0.3, -0.25) is 0 Å². The first-order valence-corrected chi connectivity index (χ1v) is 9.51. The Bertz CT molecular complexity index is 714. The van der Waals surface area contributed by atoms with Gasteiger partial charge >= 0.3 is 6.61 Å². The molecule has 3 heterocycles. The Kier molecular flexibility index (Phi) is 5.20. The standard InChI is InChI=1S/C20H25F2N3O/c21-20(22)26-17-8-6-15(7-9-17)19-23-10-13-25(19)14-16-4-3-12-24-11-2-1-5-18(16)24/h6-10,13,16,18,20H,1-5,11-12,14H2/t16-,18+/m0/s1. The van der Waals surface area contributed by atoms with E-state index in [-0.39, 0.29) is 5.75 Å². The third kappa shape index (κ3) is 3.75. The van der Waals surface area contributed by atoms with Crippen LogP contribution in [0, 0.1) is 5.92 Å². The van der Waals surface area contributed by atoms with Gasteiger partial charge in [0.25, 0.3) is 0 Å². The van der Waals surface area contributed by atoms with Crippen molar-refractivity contribution in [2.24, 2.45) is 5.92 Å². The highest BCUT2D eigenvalue weighted by Crippen LogP contribution is 2.33. The average Bonchev–Trinajstić information content (AvgIpc) is 3.10. The number of hydrogen-bond donors (Lipinski definition) is 0. The molecule has 1 aromatic carbocycles. The molecule has 0 N–H and O–H groups in total. The first-order valence-electron chi connectivity index (χ1n) is 9.51. The molecule has 6 heteroatoms. The van der Waals surface area contributed by atoms with Crippen molar-refractivity contribution in [2.45, 2.75) is 51.3 Å². The van der Waals surface area contributed by atoms with Gasteiger partial charge in [0, 0.05) is 30.5 Å². The number of rotatable bonds is 5.